The van der Waals surface area contributed by atoms with Gasteiger partial charge in [0.25, 0.3) is 0 Å². The fourth-order valence-electron chi connectivity index (χ4n) is 1.70. The van der Waals surface area contributed by atoms with Gasteiger partial charge in [-0.15, -0.1) is 0 Å². The summed E-state index contributed by atoms with van der Waals surface area (Å²) in [6.45, 7) is -0.0254. The maximum Gasteiger partial charge on any atom is 0.417 e. The van der Waals surface area contributed by atoms with Crippen molar-refractivity contribution in [3.8, 4) is 0 Å². The topological polar surface area (TPSA) is 21.6 Å². The second-order valence-corrected chi connectivity index (χ2v) is 4.22. The van der Waals surface area contributed by atoms with Gasteiger partial charge in [0.05, 0.1) is 11.8 Å². The minimum Gasteiger partial charge on any atom is -0.391 e. The summed E-state index contributed by atoms with van der Waals surface area (Å²) >= 11 is 0. The highest BCUT2D eigenvalue weighted by Crippen LogP contribution is 2.31. The Morgan fingerprint density at radius 2 is 1.81 bits per heavy atom. The smallest absolute Gasteiger partial charge is 0.391 e. The molecular weight excluding hydrogens is 286 g/mol. The van der Waals surface area contributed by atoms with Crippen molar-refractivity contribution < 1.29 is 22.4 Å². The molecule has 21 heavy (non-hydrogen) atoms. The summed E-state index contributed by atoms with van der Waals surface area (Å²) in [7, 11) is 0. The van der Waals surface area contributed by atoms with Gasteiger partial charge in [0.15, 0.2) is 0 Å². The SMILES string of the molecule is Fc1cccc(CON=Cc2ccccc2C(F)(F)F)c1. The minimum atomic E-state index is -4.45. The van der Waals surface area contributed by atoms with Crippen LogP contribution in [0.15, 0.2) is 53.7 Å². The van der Waals surface area contributed by atoms with Gasteiger partial charge in [-0.25, -0.2) is 4.39 Å². The van der Waals surface area contributed by atoms with E-state index < -0.39 is 17.6 Å². The zero-order chi connectivity index (χ0) is 15.3. The monoisotopic (exact) mass is 297 g/mol. The maximum atomic E-state index is 12.9. The molecule has 0 N–H and O–H groups in total. The van der Waals surface area contributed by atoms with Gasteiger partial charge in [0.1, 0.15) is 12.4 Å². The van der Waals surface area contributed by atoms with Crippen LogP contribution in [-0.4, -0.2) is 6.21 Å². The Morgan fingerprint density at radius 1 is 1.05 bits per heavy atom. The molecular formula is C15H11F4NO. The number of halogens is 4. The number of alkyl halides is 3. The molecule has 0 aliphatic rings. The van der Waals surface area contributed by atoms with E-state index in [1.807, 2.05) is 0 Å². The number of oxime groups is 1. The molecule has 6 heteroatoms. The predicted molar refractivity (Wildman–Crippen MR) is 70.2 cm³/mol. The number of hydrogen-bond donors (Lipinski definition) is 0. The van der Waals surface area contributed by atoms with Crippen molar-refractivity contribution in [2.45, 2.75) is 12.8 Å². The average Bonchev–Trinajstić information content (AvgIpc) is 2.43. The van der Waals surface area contributed by atoms with E-state index in [1.54, 1.807) is 6.07 Å². The minimum absolute atomic E-state index is 0.0254. The van der Waals surface area contributed by atoms with Gasteiger partial charge >= 0.3 is 6.18 Å². The number of nitrogens with zero attached hydrogens (tertiary/aromatic N) is 1. The fourth-order valence-corrected chi connectivity index (χ4v) is 1.70. The van der Waals surface area contributed by atoms with Crippen LogP contribution in [0.1, 0.15) is 16.7 Å². The highest BCUT2D eigenvalue weighted by Gasteiger charge is 2.32. The molecule has 0 atom stereocenters. The van der Waals surface area contributed by atoms with Crippen LogP contribution < -0.4 is 0 Å². The first-order chi connectivity index (χ1) is 9.97. The normalized spacial score (nSPS) is 11.8. The molecule has 0 aromatic heterocycles. The number of hydrogen-bond acceptors (Lipinski definition) is 2. The van der Waals surface area contributed by atoms with Gasteiger partial charge in [-0.2, -0.15) is 13.2 Å². The van der Waals surface area contributed by atoms with Crippen LogP contribution in [0.4, 0.5) is 17.6 Å². The van der Waals surface area contributed by atoms with Crippen LogP contribution in [0.5, 0.6) is 0 Å². The second kappa shape index (κ2) is 6.39. The molecule has 0 saturated carbocycles. The Bertz CT molecular complexity index is 638. The summed E-state index contributed by atoms with van der Waals surface area (Å²) in [5.41, 5.74) is -0.344. The van der Waals surface area contributed by atoms with Crippen LogP contribution in [0, 0.1) is 5.82 Å². The zero-order valence-corrected chi connectivity index (χ0v) is 10.8. The van der Waals surface area contributed by atoms with Gasteiger partial charge in [0.2, 0.25) is 0 Å². The van der Waals surface area contributed by atoms with Crippen molar-refractivity contribution in [3.05, 3.63) is 71.0 Å². The van der Waals surface area contributed by atoms with E-state index in [0.717, 1.165) is 12.3 Å². The summed E-state index contributed by atoms with van der Waals surface area (Å²) in [6, 6.07) is 10.7. The lowest BCUT2D eigenvalue weighted by Gasteiger charge is -2.09. The third-order valence-electron chi connectivity index (χ3n) is 2.65. The van der Waals surface area contributed by atoms with Crippen molar-refractivity contribution in [2.75, 3.05) is 0 Å². The van der Waals surface area contributed by atoms with E-state index >= 15 is 0 Å². The third-order valence-corrected chi connectivity index (χ3v) is 2.65. The van der Waals surface area contributed by atoms with E-state index in [1.165, 1.54) is 36.4 Å². The van der Waals surface area contributed by atoms with E-state index in [9.17, 15) is 17.6 Å². The summed E-state index contributed by atoms with van der Waals surface area (Å²) in [6.07, 6.45) is -3.46. The standard InChI is InChI=1S/C15H11F4NO/c16-13-6-3-4-11(8-13)10-21-20-9-12-5-1-2-7-14(12)15(17,18)19/h1-9H,10H2. The van der Waals surface area contributed by atoms with Crippen LogP contribution in [0.3, 0.4) is 0 Å². The molecule has 2 nitrogen and oxygen atoms in total. The van der Waals surface area contributed by atoms with Crippen molar-refractivity contribution in [1.29, 1.82) is 0 Å². The third kappa shape index (κ3) is 4.30. The Kier molecular flexibility index (Phi) is 4.57. The molecule has 0 aliphatic heterocycles. The Morgan fingerprint density at radius 3 is 2.52 bits per heavy atom. The summed E-state index contributed by atoms with van der Waals surface area (Å²) in [4.78, 5) is 4.88. The molecule has 0 unspecified atom stereocenters. The molecule has 110 valence electrons. The first-order valence-corrected chi connectivity index (χ1v) is 6.03. The molecule has 0 fully saturated rings. The molecule has 0 bridgehead atoms. The summed E-state index contributed by atoms with van der Waals surface area (Å²) in [5.74, 6) is -0.414. The first kappa shape index (κ1) is 15.0. The van der Waals surface area contributed by atoms with Crippen molar-refractivity contribution >= 4 is 6.21 Å². The van der Waals surface area contributed by atoms with Gasteiger partial charge < -0.3 is 4.84 Å². The Hall–Kier alpha value is -2.37. The molecule has 0 amide bonds. The molecule has 0 radical (unpaired) electrons. The Labute approximate surface area is 118 Å². The summed E-state index contributed by atoms with van der Waals surface area (Å²) < 4.78 is 51.1. The summed E-state index contributed by atoms with van der Waals surface area (Å²) in [5, 5.41) is 3.49. The molecule has 0 spiro atoms. The molecule has 0 heterocycles. The molecule has 2 rings (SSSR count). The molecule has 0 aliphatic carbocycles. The lowest BCUT2D eigenvalue weighted by molar-refractivity contribution is -0.137. The van der Waals surface area contributed by atoms with Crippen LogP contribution in [0.2, 0.25) is 0 Å². The quantitative estimate of drug-likeness (QED) is 0.466. The van der Waals surface area contributed by atoms with E-state index in [2.05, 4.69) is 5.16 Å². The molecule has 0 saturated heterocycles. The number of rotatable bonds is 4. The fraction of sp³-hybridized carbons (Fsp3) is 0.133. The van der Waals surface area contributed by atoms with E-state index in [0.29, 0.717) is 5.56 Å². The van der Waals surface area contributed by atoms with E-state index in [4.69, 9.17) is 4.84 Å². The van der Waals surface area contributed by atoms with Crippen LogP contribution in [-0.2, 0) is 17.6 Å². The van der Waals surface area contributed by atoms with Crippen molar-refractivity contribution in [2.24, 2.45) is 5.16 Å². The predicted octanol–water partition coefficient (Wildman–Crippen LogP) is 4.40. The van der Waals surface area contributed by atoms with Crippen molar-refractivity contribution in [3.63, 3.8) is 0 Å². The van der Waals surface area contributed by atoms with Crippen LogP contribution in [0.25, 0.3) is 0 Å². The van der Waals surface area contributed by atoms with Gasteiger partial charge in [-0.05, 0) is 23.8 Å². The Balaban J connectivity index is 2.02. The highest BCUT2D eigenvalue weighted by molar-refractivity contribution is 5.81. The second-order valence-electron chi connectivity index (χ2n) is 4.22. The number of benzene rings is 2. The lowest BCUT2D eigenvalue weighted by Crippen LogP contribution is -2.08. The highest BCUT2D eigenvalue weighted by atomic mass is 19.4. The first-order valence-electron chi connectivity index (χ1n) is 6.03. The zero-order valence-electron chi connectivity index (χ0n) is 10.8. The van der Waals surface area contributed by atoms with E-state index in [-0.39, 0.29) is 12.2 Å². The lowest BCUT2D eigenvalue weighted by atomic mass is 10.1. The van der Waals surface area contributed by atoms with Crippen LogP contribution >= 0.6 is 0 Å². The average molecular weight is 297 g/mol. The van der Waals surface area contributed by atoms with Gasteiger partial charge in [-0.3, -0.25) is 0 Å². The largest absolute Gasteiger partial charge is 0.417 e. The maximum absolute atomic E-state index is 12.9. The molecule has 2 aromatic carbocycles. The van der Waals surface area contributed by atoms with Gasteiger partial charge in [0, 0.05) is 5.56 Å². The molecule has 2 aromatic rings. The van der Waals surface area contributed by atoms with Crippen molar-refractivity contribution in [1.82, 2.24) is 0 Å². The van der Waals surface area contributed by atoms with Gasteiger partial charge in [-0.1, -0.05) is 35.5 Å².